The van der Waals surface area contributed by atoms with Gasteiger partial charge in [0.25, 0.3) is 12.0 Å². The number of halogens is 3. The highest BCUT2D eigenvalue weighted by molar-refractivity contribution is 6.34. The number of pyridine rings is 1. The van der Waals surface area contributed by atoms with Gasteiger partial charge < -0.3 is 10.1 Å². The molecule has 1 rings (SSSR count). The van der Waals surface area contributed by atoms with Crippen molar-refractivity contribution in [1.82, 2.24) is 4.98 Å². The van der Waals surface area contributed by atoms with Gasteiger partial charge in [0.15, 0.2) is 0 Å². The molecule has 0 unspecified atom stereocenters. The molecule has 0 bridgehead atoms. The van der Waals surface area contributed by atoms with Crippen molar-refractivity contribution < 1.29 is 18.7 Å². The Hall–Kier alpha value is -1.43. The number of aromatic nitrogens is 1. The first-order valence-corrected chi connectivity index (χ1v) is 3.75. The number of hydrogen-bond acceptors (Lipinski definition) is 2. The van der Waals surface area contributed by atoms with Crippen LogP contribution >= 0.6 is 11.6 Å². The summed E-state index contributed by atoms with van der Waals surface area (Å²) >= 11 is 5.32. The number of carboxylic acid groups (broad SMARTS) is 1. The topological polar surface area (TPSA) is 70.2 Å². The van der Waals surface area contributed by atoms with Crippen LogP contribution < -0.4 is 5.56 Å². The molecule has 0 atom stereocenters. The smallest absolute Gasteiger partial charge is 0.342 e. The minimum atomic E-state index is -2.93. The van der Waals surface area contributed by atoms with E-state index in [2.05, 4.69) is 0 Å². The molecule has 4 nitrogen and oxygen atoms in total. The highest BCUT2D eigenvalue weighted by Gasteiger charge is 2.21. The van der Waals surface area contributed by atoms with Gasteiger partial charge in [0.1, 0.15) is 5.56 Å². The van der Waals surface area contributed by atoms with E-state index in [4.69, 9.17) is 16.7 Å². The van der Waals surface area contributed by atoms with Crippen molar-refractivity contribution in [2.75, 3.05) is 0 Å². The van der Waals surface area contributed by atoms with E-state index in [0.29, 0.717) is 6.20 Å². The van der Waals surface area contributed by atoms with Crippen LogP contribution in [0, 0.1) is 0 Å². The average Bonchev–Trinajstić information content (AvgIpc) is 2.02. The zero-order valence-corrected chi connectivity index (χ0v) is 7.31. The zero-order chi connectivity index (χ0) is 10.9. The van der Waals surface area contributed by atoms with E-state index < -0.39 is 34.1 Å². The number of H-pyrrole nitrogens is 1. The molecule has 0 saturated heterocycles. The van der Waals surface area contributed by atoms with Crippen LogP contribution in [0.2, 0.25) is 5.02 Å². The Morgan fingerprint density at radius 2 is 2.14 bits per heavy atom. The summed E-state index contributed by atoms with van der Waals surface area (Å²) in [6, 6.07) is 0. The normalized spacial score (nSPS) is 10.6. The number of nitrogens with one attached hydrogen (secondary N) is 1. The Morgan fingerprint density at radius 3 is 2.57 bits per heavy atom. The summed E-state index contributed by atoms with van der Waals surface area (Å²) in [4.78, 5) is 23.2. The molecule has 0 amide bonds. The highest BCUT2D eigenvalue weighted by Crippen LogP contribution is 2.26. The fourth-order valence-corrected chi connectivity index (χ4v) is 1.18. The van der Waals surface area contributed by atoms with Gasteiger partial charge in [-0.05, 0) is 0 Å². The molecule has 0 aliphatic heterocycles. The maximum absolute atomic E-state index is 12.2. The SMILES string of the molecule is O=C(O)c1c(Cl)c(C(F)F)c[nH]c1=O. The van der Waals surface area contributed by atoms with Gasteiger partial charge in [-0.3, -0.25) is 4.79 Å². The lowest BCUT2D eigenvalue weighted by atomic mass is 10.2. The summed E-state index contributed by atoms with van der Waals surface area (Å²) in [5, 5.41) is 7.78. The maximum Gasteiger partial charge on any atom is 0.342 e. The second-order valence-electron chi connectivity index (χ2n) is 2.37. The van der Waals surface area contributed by atoms with Gasteiger partial charge in [0, 0.05) is 6.20 Å². The molecule has 0 radical (unpaired) electrons. The van der Waals surface area contributed by atoms with Crippen LogP contribution in [0.5, 0.6) is 0 Å². The van der Waals surface area contributed by atoms with Crippen molar-refractivity contribution >= 4 is 17.6 Å². The molecule has 14 heavy (non-hydrogen) atoms. The summed E-state index contributed by atoms with van der Waals surface area (Å²) in [6.07, 6.45) is -2.24. The van der Waals surface area contributed by atoms with Crippen molar-refractivity contribution in [3.05, 3.63) is 32.7 Å². The van der Waals surface area contributed by atoms with Gasteiger partial charge in [-0.15, -0.1) is 0 Å². The largest absolute Gasteiger partial charge is 0.477 e. The molecular weight excluding hydrogens is 220 g/mol. The molecule has 0 aliphatic rings. The van der Waals surface area contributed by atoms with E-state index in [1.807, 2.05) is 4.98 Å². The third kappa shape index (κ3) is 1.74. The lowest BCUT2D eigenvalue weighted by Crippen LogP contribution is -2.19. The third-order valence-electron chi connectivity index (χ3n) is 1.51. The highest BCUT2D eigenvalue weighted by atomic mass is 35.5. The molecular formula is C7H4ClF2NO3. The second-order valence-corrected chi connectivity index (χ2v) is 2.75. The van der Waals surface area contributed by atoms with Crippen molar-refractivity contribution in [3.8, 4) is 0 Å². The van der Waals surface area contributed by atoms with Crippen molar-refractivity contribution in [2.45, 2.75) is 6.43 Å². The van der Waals surface area contributed by atoms with Crippen molar-refractivity contribution in [3.63, 3.8) is 0 Å². The standard InChI is InChI=1S/C7H4ClF2NO3/c8-4-2(5(9)10)1-11-6(12)3(4)7(13)14/h1,5H,(H,11,12)(H,13,14). The van der Waals surface area contributed by atoms with Gasteiger partial charge in [0.2, 0.25) is 0 Å². The number of rotatable bonds is 2. The summed E-state index contributed by atoms with van der Waals surface area (Å²) < 4.78 is 24.4. The number of carbonyl (C=O) groups is 1. The molecule has 2 N–H and O–H groups in total. The molecule has 1 heterocycles. The fourth-order valence-electron chi connectivity index (χ4n) is 0.873. The van der Waals surface area contributed by atoms with E-state index in [1.54, 1.807) is 0 Å². The Balaban J connectivity index is 3.49. The summed E-state index contributed by atoms with van der Waals surface area (Å²) in [6.45, 7) is 0. The van der Waals surface area contributed by atoms with Crippen LogP contribution in [0.15, 0.2) is 11.0 Å². The van der Waals surface area contributed by atoms with Crippen LogP contribution in [0.3, 0.4) is 0 Å². The van der Waals surface area contributed by atoms with E-state index in [1.165, 1.54) is 0 Å². The molecule has 0 fully saturated rings. The van der Waals surface area contributed by atoms with E-state index >= 15 is 0 Å². The number of aromatic carboxylic acids is 1. The number of alkyl halides is 2. The van der Waals surface area contributed by atoms with Gasteiger partial charge >= 0.3 is 5.97 Å². The lowest BCUT2D eigenvalue weighted by Gasteiger charge is -2.03. The lowest BCUT2D eigenvalue weighted by molar-refractivity contribution is 0.0694. The molecule has 0 spiro atoms. The van der Waals surface area contributed by atoms with Gasteiger partial charge in [-0.25, -0.2) is 13.6 Å². The van der Waals surface area contributed by atoms with Gasteiger partial charge in [0.05, 0.1) is 10.6 Å². The third-order valence-corrected chi connectivity index (χ3v) is 1.91. The zero-order valence-electron chi connectivity index (χ0n) is 6.55. The molecule has 76 valence electrons. The van der Waals surface area contributed by atoms with Crippen LogP contribution in [0.25, 0.3) is 0 Å². The predicted molar refractivity (Wildman–Crippen MR) is 44.0 cm³/mol. The fraction of sp³-hybridized carbons (Fsp3) is 0.143. The Kier molecular flexibility index (Phi) is 2.85. The van der Waals surface area contributed by atoms with E-state index in [-0.39, 0.29) is 0 Å². The summed E-state index contributed by atoms with van der Waals surface area (Å²) in [5.41, 5.74) is -2.58. The first-order valence-electron chi connectivity index (χ1n) is 3.37. The molecule has 1 aromatic heterocycles. The second kappa shape index (κ2) is 3.75. The average molecular weight is 224 g/mol. The summed E-state index contributed by atoms with van der Waals surface area (Å²) in [7, 11) is 0. The van der Waals surface area contributed by atoms with E-state index in [9.17, 15) is 18.4 Å². The first-order chi connectivity index (χ1) is 6.45. The van der Waals surface area contributed by atoms with Crippen molar-refractivity contribution in [1.29, 1.82) is 0 Å². The Bertz CT molecular complexity index is 429. The minimum Gasteiger partial charge on any atom is -0.477 e. The quantitative estimate of drug-likeness (QED) is 0.801. The molecule has 7 heteroatoms. The Labute approximate surface area is 81.1 Å². The predicted octanol–water partition coefficient (Wildman–Crippen LogP) is 1.66. The van der Waals surface area contributed by atoms with Crippen LogP contribution in [-0.2, 0) is 0 Å². The van der Waals surface area contributed by atoms with E-state index in [0.717, 1.165) is 0 Å². The maximum atomic E-state index is 12.2. The molecule has 0 saturated carbocycles. The number of carboxylic acids is 1. The van der Waals surface area contributed by atoms with Gasteiger partial charge in [-0.1, -0.05) is 11.6 Å². The summed E-state index contributed by atoms with van der Waals surface area (Å²) in [5.74, 6) is -1.64. The van der Waals surface area contributed by atoms with Gasteiger partial charge in [-0.2, -0.15) is 0 Å². The van der Waals surface area contributed by atoms with Crippen LogP contribution in [-0.4, -0.2) is 16.1 Å². The monoisotopic (exact) mass is 223 g/mol. The Morgan fingerprint density at radius 1 is 1.57 bits per heavy atom. The van der Waals surface area contributed by atoms with Crippen molar-refractivity contribution in [2.24, 2.45) is 0 Å². The number of aromatic amines is 1. The molecule has 0 aliphatic carbocycles. The molecule has 1 aromatic rings. The van der Waals surface area contributed by atoms with Crippen LogP contribution in [0.4, 0.5) is 8.78 Å². The molecule has 0 aromatic carbocycles. The first kappa shape index (κ1) is 10.6. The minimum absolute atomic E-state index is 0.696. The van der Waals surface area contributed by atoms with Crippen LogP contribution in [0.1, 0.15) is 22.3 Å². The number of hydrogen-bond donors (Lipinski definition) is 2.